The van der Waals surface area contributed by atoms with E-state index in [0.29, 0.717) is 22.2 Å². The van der Waals surface area contributed by atoms with Gasteiger partial charge in [0.25, 0.3) is 0 Å². The molecule has 0 aliphatic heterocycles. The van der Waals surface area contributed by atoms with Crippen LogP contribution in [0.5, 0.6) is 5.75 Å². The molecule has 8 N–H and O–H groups in total. The summed E-state index contributed by atoms with van der Waals surface area (Å²) >= 11 is 7.21. The number of nitrogens with zero attached hydrogens (tertiary/aromatic N) is 4. The van der Waals surface area contributed by atoms with Crippen molar-refractivity contribution < 1.29 is 37.8 Å². The predicted molar refractivity (Wildman–Crippen MR) is 258 cm³/mol. The minimum absolute atomic E-state index is 0.00403. The molecule has 2 heterocycles. The molecule has 2 amide bonds. The average molecular weight is 971 g/mol. The molecule has 0 fully saturated rings. The first kappa shape index (κ1) is 50.7. The summed E-state index contributed by atoms with van der Waals surface area (Å²) in [6.45, 7) is 2.00. The average Bonchev–Trinajstić information content (AvgIpc) is 3.83. The van der Waals surface area contributed by atoms with E-state index in [1.165, 1.54) is 31.9 Å². The second-order valence-corrected chi connectivity index (χ2v) is 17.1. The van der Waals surface area contributed by atoms with Crippen molar-refractivity contribution in [1.82, 2.24) is 20.6 Å². The van der Waals surface area contributed by atoms with Crippen LogP contribution >= 0.6 is 23.4 Å². The Hall–Kier alpha value is -7.74. The quantitative estimate of drug-likeness (QED) is 0.0430. The fourth-order valence-corrected chi connectivity index (χ4v) is 7.70. The molecule has 0 bridgehead atoms. The molecule has 2 aromatic heterocycles. The van der Waals surface area contributed by atoms with Crippen LogP contribution < -0.4 is 32.6 Å². The molecule has 0 aliphatic rings. The standard InChI is InChI=1S/C50H48ClN9O8S/c1-29(57-45(61)41(54)21-31-9-5-3-6-10-31)49(63)67-27-38(68-50(64)30(2)58-46(62)42(55)22-32-11-7-4-8-12-32)26-65-37-19-15-33(16-20-37)43-39(23-52)44(56)60-48(40(43)24-53)69-28-36-25-66-47(59-36)34-13-17-35(51)18-14-34/h3-20,25,29-30,38,41-42H,21-22,26-28,54-55H2,1-2H3,(H2,56,60)(H,57,61)(H,58,62)/t29-,30-,38-,41-,42-/m0/s1. The Morgan fingerprint density at radius 3 is 1.86 bits per heavy atom. The highest BCUT2D eigenvalue weighted by Gasteiger charge is 2.28. The van der Waals surface area contributed by atoms with Gasteiger partial charge in [0, 0.05) is 21.9 Å². The van der Waals surface area contributed by atoms with E-state index in [-0.39, 0.29) is 58.5 Å². The zero-order chi connectivity index (χ0) is 49.5. The van der Waals surface area contributed by atoms with E-state index in [2.05, 4.69) is 32.7 Å². The first-order chi connectivity index (χ1) is 33.2. The number of esters is 2. The number of pyridine rings is 1. The van der Waals surface area contributed by atoms with Crippen molar-refractivity contribution in [2.75, 3.05) is 18.9 Å². The summed E-state index contributed by atoms with van der Waals surface area (Å²) in [4.78, 5) is 61.2. The van der Waals surface area contributed by atoms with Crippen LogP contribution in [0.3, 0.4) is 0 Å². The maximum absolute atomic E-state index is 13.4. The molecule has 0 saturated carbocycles. The first-order valence-electron chi connectivity index (χ1n) is 21.5. The Morgan fingerprint density at radius 1 is 0.739 bits per heavy atom. The van der Waals surface area contributed by atoms with Gasteiger partial charge in [-0.05, 0) is 79.8 Å². The number of benzene rings is 4. The number of hydrogen-bond acceptors (Lipinski definition) is 16. The Kier molecular flexibility index (Phi) is 17.9. The number of nitriles is 2. The Bertz CT molecular complexity index is 2820. The molecule has 0 radical (unpaired) electrons. The summed E-state index contributed by atoms with van der Waals surface area (Å²) in [6.07, 6.45) is 0.750. The van der Waals surface area contributed by atoms with Crippen LogP contribution in [-0.2, 0) is 47.2 Å². The fourth-order valence-electron chi connectivity index (χ4n) is 6.70. The molecule has 0 spiro atoms. The number of thioether (sulfide) groups is 1. The molecule has 5 atom stereocenters. The van der Waals surface area contributed by atoms with Crippen LogP contribution in [0, 0.1) is 22.7 Å². The molecule has 0 aliphatic carbocycles. The number of ether oxygens (including phenoxy) is 3. The third-order valence-corrected chi connectivity index (χ3v) is 11.6. The monoisotopic (exact) mass is 969 g/mol. The molecule has 17 nitrogen and oxygen atoms in total. The molecule has 69 heavy (non-hydrogen) atoms. The molecule has 6 aromatic rings. The lowest BCUT2D eigenvalue weighted by Crippen LogP contribution is -2.50. The van der Waals surface area contributed by atoms with Gasteiger partial charge in [-0.25, -0.2) is 19.6 Å². The van der Waals surface area contributed by atoms with Gasteiger partial charge >= 0.3 is 11.9 Å². The molecule has 6 rings (SSSR count). The summed E-state index contributed by atoms with van der Waals surface area (Å²) in [5.41, 5.74) is 22.3. The number of amides is 2. The van der Waals surface area contributed by atoms with Crippen molar-refractivity contribution in [1.29, 1.82) is 10.5 Å². The molecule has 4 aromatic carbocycles. The van der Waals surface area contributed by atoms with Crippen molar-refractivity contribution >= 4 is 52.9 Å². The Balaban J connectivity index is 1.13. The molecule has 354 valence electrons. The number of nitrogen functional groups attached to an aromatic ring is 1. The van der Waals surface area contributed by atoms with Gasteiger partial charge in [-0.2, -0.15) is 10.5 Å². The van der Waals surface area contributed by atoms with Gasteiger partial charge in [0.05, 0.1) is 23.3 Å². The number of anilines is 1. The number of halogens is 1. The third-order valence-electron chi connectivity index (χ3n) is 10.4. The number of oxazole rings is 1. The van der Waals surface area contributed by atoms with E-state index in [4.69, 9.17) is 47.4 Å². The van der Waals surface area contributed by atoms with Crippen LogP contribution in [0.25, 0.3) is 22.6 Å². The minimum Gasteiger partial charge on any atom is -0.490 e. The van der Waals surface area contributed by atoms with Gasteiger partial charge in [-0.15, -0.1) is 0 Å². The van der Waals surface area contributed by atoms with Crippen molar-refractivity contribution in [3.8, 4) is 40.5 Å². The third kappa shape index (κ3) is 14.1. The Morgan fingerprint density at radius 2 is 1.29 bits per heavy atom. The number of rotatable bonds is 21. The molecule has 0 saturated heterocycles. The zero-order valence-corrected chi connectivity index (χ0v) is 39.0. The lowest BCUT2D eigenvalue weighted by atomic mass is 9.97. The number of nitrogens with two attached hydrogens (primary N) is 3. The predicted octanol–water partition coefficient (Wildman–Crippen LogP) is 5.66. The summed E-state index contributed by atoms with van der Waals surface area (Å²) in [5.74, 6) is -2.03. The number of carbonyl (C=O) groups is 4. The van der Waals surface area contributed by atoms with Crippen molar-refractivity contribution in [2.45, 2.75) is 67.7 Å². The highest BCUT2D eigenvalue weighted by molar-refractivity contribution is 7.98. The summed E-state index contributed by atoms with van der Waals surface area (Å²) < 4.78 is 22.8. The summed E-state index contributed by atoms with van der Waals surface area (Å²) in [7, 11) is 0. The van der Waals surface area contributed by atoms with Crippen LogP contribution in [0.15, 0.2) is 125 Å². The smallest absolute Gasteiger partial charge is 0.328 e. The molecule has 19 heteroatoms. The van der Waals surface area contributed by atoms with Crippen LogP contribution in [-0.4, -0.2) is 77.2 Å². The first-order valence-corrected chi connectivity index (χ1v) is 22.9. The van der Waals surface area contributed by atoms with Crippen molar-refractivity contribution in [3.63, 3.8) is 0 Å². The highest BCUT2D eigenvalue weighted by atomic mass is 35.5. The van der Waals surface area contributed by atoms with Crippen LogP contribution in [0.2, 0.25) is 5.02 Å². The number of nitrogens with one attached hydrogen (secondary N) is 2. The van der Waals surface area contributed by atoms with E-state index in [0.717, 1.165) is 16.7 Å². The zero-order valence-electron chi connectivity index (χ0n) is 37.5. The van der Waals surface area contributed by atoms with Gasteiger partial charge in [-0.1, -0.05) is 96.2 Å². The van der Waals surface area contributed by atoms with Gasteiger partial charge in [0.15, 0.2) is 6.10 Å². The van der Waals surface area contributed by atoms with Crippen molar-refractivity contribution in [3.05, 3.63) is 148 Å². The van der Waals surface area contributed by atoms with Crippen molar-refractivity contribution in [2.24, 2.45) is 11.5 Å². The molecular weight excluding hydrogens is 922 g/mol. The lowest BCUT2D eigenvalue weighted by Gasteiger charge is -2.23. The van der Waals surface area contributed by atoms with E-state index in [9.17, 15) is 29.7 Å². The van der Waals surface area contributed by atoms with E-state index < -0.39 is 60.6 Å². The summed E-state index contributed by atoms with van der Waals surface area (Å²) in [5, 5.41) is 26.5. The van der Waals surface area contributed by atoms with E-state index >= 15 is 0 Å². The molecular formula is C50H48ClN9O8S. The normalized spacial score (nSPS) is 13.0. The minimum atomic E-state index is -1.22. The highest BCUT2D eigenvalue weighted by Crippen LogP contribution is 2.37. The van der Waals surface area contributed by atoms with Gasteiger partial charge < -0.3 is 46.5 Å². The van der Waals surface area contributed by atoms with Gasteiger partial charge in [0.2, 0.25) is 17.7 Å². The maximum Gasteiger partial charge on any atom is 0.328 e. The van der Waals surface area contributed by atoms with E-state index in [1.807, 2.05) is 60.7 Å². The number of hydrogen-bond donors (Lipinski definition) is 5. The summed E-state index contributed by atoms with van der Waals surface area (Å²) in [6, 6.07) is 31.7. The van der Waals surface area contributed by atoms with Gasteiger partial charge in [-0.3, -0.25) is 9.59 Å². The Labute approximate surface area is 407 Å². The van der Waals surface area contributed by atoms with Gasteiger partial charge in [0.1, 0.15) is 65.9 Å². The topological polar surface area (TPSA) is 285 Å². The number of aromatic nitrogens is 2. The number of carbonyl (C=O) groups excluding carboxylic acids is 4. The van der Waals surface area contributed by atoms with E-state index in [1.54, 1.807) is 48.5 Å². The maximum atomic E-state index is 13.4. The van der Waals surface area contributed by atoms with Crippen LogP contribution in [0.1, 0.15) is 41.8 Å². The second kappa shape index (κ2) is 24.3. The van der Waals surface area contributed by atoms with Crippen LogP contribution in [0.4, 0.5) is 5.82 Å². The molecule has 0 unspecified atom stereocenters. The largest absolute Gasteiger partial charge is 0.490 e. The second-order valence-electron chi connectivity index (χ2n) is 15.7. The lowest BCUT2D eigenvalue weighted by molar-refractivity contribution is -0.163. The fraction of sp³-hybridized carbons (Fsp3) is 0.240. The SMILES string of the molecule is C[C@H](NC(=O)[C@@H](N)Cc1ccccc1)C(=O)OC[C@H](COc1ccc(-c2c(C#N)c(N)nc(SCc3coc(-c4ccc(Cl)cc4)n3)c2C#N)cc1)OC(=O)[C@H](C)NC(=O)[C@@H](N)Cc1ccccc1.